The quantitative estimate of drug-likeness (QED) is 0.410. The number of halogens is 9. The molecule has 0 aliphatic heterocycles. The lowest BCUT2D eigenvalue weighted by atomic mass is 10.0. The molecule has 0 fully saturated rings. The molecule has 2 aromatic rings. The van der Waals surface area contributed by atoms with Crippen molar-refractivity contribution in [3.8, 4) is 11.1 Å². The van der Waals surface area contributed by atoms with Crippen molar-refractivity contribution in [2.45, 2.75) is 0 Å². The van der Waals surface area contributed by atoms with Gasteiger partial charge in [0.1, 0.15) is 0 Å². The summed E-state index contributed by atoms with van der Waals surface area (Å²) in [4.78, 5) is 0. The molecule has 0 atom stereocenters. The van der Waals surface area contributed by atoms with E-state index in [1.165, 1.54) is 0 Å². The summed E-state index contributed by atoms with van der Waals surface area (Å²) in [7, 11) is 0. The number of hydrogen-bond acceptors (Lipinski definition) is 0. The lowest BCUT2D eigenvalue weighted by Crippen LogP contribution is -2.07. The fraction of sp³-hybridized carbons (Fsp3) is 0. The van der Waals surface area contributed by atoms with Crippen LogP contribution in [-0.4, -0.2) is 0 Å². The van der Waals surface area contributed by atoms with E-state index >= 15 is 0 Å². The fourth-order valence-corrected chi connectivity index (χ4v) is 1.60. The zero-order valence-corrected chi connectivity index (χ0v) is 9.48. The van der Waals surface area contributed by atoms with E-state index in [0.29, 0.717) is 0 Å². The van der Waals surface area contributed by atoms with Gasteiger partial charge in [-0.1, -0.05) is 0 Å². The van der Waals surface area contributed by atoms with Gasteiger partial charge in [-0.2, -0.15) is 0 Å². The Bertz CT molecular complexity index is 722. The van der Waals surface area contributed by atoms with Crippen LogP contribution in [0, 0.1) is 52.4 Å². The number of hydrogen-bond donors (Lipinski definition) is 0. The Labute approximate surface area is 110 Å². The molecule has 0 aliphatic carbocycles. The largest absolute Gasteiger partial charge is 0.204 e. The second-order valence-corrected chi connectivity index (χ2v) is 3.79. The molecule has 0 bridgehead atoms. The lowest BCUT2D eigenvalue weighted by Gasteiger charge is -2.10. The summed E-state index contributed by atoms with van der Waals surface area (Å²) in [5.41, 5.74) is -3.54. The average Bonchev–Trinajstić information content (AvgIpc) is 2.46. The highest BCUT2D eigenvalue weighted by Gasteiger charge is 2.30. The maximum absolute atomic E-state index is 13.4. The van der Waals surface area contributed by atoms with Crippen molar-refractivity contribution in [2.75, 3.05) is 0 Å². The molecule has 0 unspecified atom stereocenters. The molecule has 0 aliphatic rings. The summed E-state index contributed by atoms with van der Waals surface area (Å²) < 4.78 is 118. The Morgan fingerprint density at radius 2 is 0.810 bits per heavy atom. The van der Waals surface area contributed by atoms with Crippen molar-refractivity contribution in [2.24, 2.45) is 0 Å². The lowest BCUT2D eigenvalue weighted by molar-refractivity contribution is 0.379. The van der Waals surface area contributed by atoms with Crippen LogP contribution in [0.25, 0.3) is 11.1 Å². The second kappa shape index (κ2) is 4.97. The van der Waals surface area contributed by atoms with Crippen LogP contribution in [-0.2, 0) is 0 Å². The smallest absolute Gasteiger partial charge is 0.200 e. The average molecular weight is 316 g/mol. The van der Waals surface area contributed by atoms with Crippen molar-refractivity contribution < 1.29 is 39.5 Å². The predicted octanol–water partition coefficient (Wildman–Crippen LogP) is 4.61. The minimum atomic E-state index is -2.53. The van der Waals surface area contributed by atoms with E-state index in [-0.39, 0.29) is 6.07 Å². The van der Waals surface area contributed by atoms with Crippen LogP contribution in [0.15, 0.2) is 6.07 Å². The fourth-order valence-electron chi connectivity index (χ4n) is 1.60. The molecule has 2 rings (SSSR count). The molecule has 0 heterocycles. The predicted molar refractivity (Wildman–Crippen MR) is 51.5 cm³/mol. The summed E-state index contributed by atoms with van der Waals surface area (Å²) in [6, 6.07) is -0.216. The Kier molecular flexibility index (Phi) is 3.60. The minimum Gasteiger partial charge on any atom is -0.204 e. The van der Waals surface area contributed by atoms with Gasteiger partial charge < -0.3 is 0 Å². The standard InChI is InChI=1S/C12HF9/c13-3-1-2(5(14)9(18)6(3)15)4-7(16)10(19)12(21)11(20)8(4)17/h1H. The summed E-state index contributed by atoms with van der Waals surface area (Å²) in [5.74, 6) is -21.5. The summed E-state index contributed by atoms with van der Waals surface area (Å²) in [6.07, 6.45) is 0. The van der Waals surface area contributed by atoms with Crippen LogP contribution < -0.4 is 0 Å². The molecule has 0 saturated carbocycles. The third-order valence-corrected chi connectivity index (χ3v) is 2.58. The van der Waals surface area contributed by atoms with Gasteiger partial charge in [-0.15, -0.1) is 0 Å². The first-order valence-corrected chi connectivity index (χ1v) is 5.03. The van der Waals surface area contributed by atoms with E-state index in [9.17, 15) is 39.5 Å². The van der Waals surface area contributed by atoms with Crippen LogP contribution >= 0.6 is 0 Å². The minimum absolute atomic E-state index is 0.216. The zero-order valence-electron chi connectivity index (χ0n) is 9.48. The van der Waals surface area contributed by atoms with E-state index in [0.717, 1.165) is 0 Å². The van der Waals surface area contributed by atoms with Crippen molar-refractivity contribution >= 4 is 0 Å². The zero-order chi connectivity index (χ0) is 16.1. The Balaban J connectivity index is 2.93. The molecule has 2 aromatic carbocycles. The molecule has 9 heteroatoms. The molecule has 0 nitrogen and oxygen atoms in total. The van der Waals surface area contributed by atoms with Gasteiger partial charge in [0.25, 0.3) is 0 Å². The monoisotopic (exact) mass is 316 g/mol. The van der Waals surface area contributed by atoms with Crippen LogP contribution in [0.5, 0.6) is 0 Å². The van der Waals surface area contributed by atoms with Crippen LogP contribution in [0.2, 0.25) is 0 Å². The Morgan fingerprint density at radius 3 is 1.29 bits per heavy atom. The van der Waals surface area contributed by atoms with Gasteiger partial charge in [-0.05, 0) is 6.07 Å². The van der Waals surface area contributed by atoms with E-state index in [1.807, 2.05) is 0 Å². The molecular weight excluding hydrogens is 315 g/mol. The van der Waals surface area contributed by atoms with E-state index in [4.69, 9.17) is 0 Å². The van der Waals surface area contributed by atoms with E-state index in [1.54, 1.807) is 0 Å². The molecule has 0 amide bonds. The SMILES string of the molecule is Fc1cc(-c2c(F)c(F)c(F)c(F)c2F)c(F)c(F)c1F. The van der Waals surface area contributed by atoms with Gasteiger partial charge in [0, 0.05) is 5.56 Å². The third-order valence-electron chi connectivity index (χ3n) is 2.58. The van der Waals surface area contributed by atoms with Gasteiger partial charge in [-0.3, -0.25) is 0 Å². The van der Waals surface area contributed by atoms with Crippen LogP contribution in [0.4, 0.5) is 39.5 Å². The number of rotatable bonds is 1. The first kappa shape index (κ1) is 15.2. The van der Waals surface area contributed by atoms with Crippen molar-refractivity contribution in [3.63, 3.8) is 0 Å². The highest BCUT2D eigenvalue weighted by atomic mass is 19.2. The van der Waals surface area contributed by atoms with E-state index < -0.39 is 63.5 Å². The highest BCUT2D eigenvalue weighted by Crippen LogP contribution is 2.34. The van der Waals surface area contributed by atoms with Gasteiger partial charge in [-0.25, -0.2) is 39.5 Å². The second-order valence-electron chi connectivity index (χ2n) is 3.79. The molecule has 0 N–H and O–H groups in total. The Morgan fingerprint density at radius 1 is 0.429 bits per heavy atom. The molecule has 0 aromatic heterocycles. The summed E-state index contributed by atoms with van der Waals surface area (Å²) >= 11 is 0. The van der Waals surface area contributed by atoms with Crippen molar-refractivity contribution in [1.29, 1.82) is 0 Å². The normalized spacial score (nSPS) is 11.1. The topological polar surface area (TPSA) is 0 Å². The Hall–Kier alpha value is -2.19. The van der Waals surface area contributed by atoms with Gasteiger partial charge in [0.05, 0.1) is 5.56 Å². The van der Waals surface area contributed by atoms with E-state index in [2.05, 4.69) is 0 Å². The van der Waals surface area contributed by atoms with Crippen LogP contribution in [0.1, 0.15) is 0 Å². The number of benzene rings is 2. The summed E-state index contributed by atoms with van der Waals surface area (Å²) in [5, 5.41) is 0. The molecular formula is C12HF9. The first-order valence-electron chi connectivity index (χ1n) is 5.03. The molecule has 0 saturated heterocycles. The molecule has 0 spiro atoms. The third kappa shape index (κ3) is 2.12. The maximum atomic E-state index is 13.4. The van der Waals surface area contributed by atoms with Gasteiger partial charge in [0.15, 0.2) is 46.5 Å². The highest BCUT2D eigenvalue weighted by molar-refractivity contribution is 5.66. The molecule has 112 valence electrons. The van der Waals surface area contributed by atoms with Gasteiger partial charge in [0.2, 0.25) is 5.82 Å². The maximum Gasteiger partial charge on any atom is 0.200 e. The van der Waals surface area contributed by atoms with Gasteiger partial charge >= 0.3 is 0 Å². The van der Waals surface area contributed by atoms with Crippen LogP contribution in [0.3, 0.4) is 0 Å². The molecule has 21 heavy (non-hydrogen) atoms. The van der Waals surface area contributed by atoms with Crippen molar-refractivity contribution in [1.82, 2.24) is 0 Å². The first-order chi connectivity index (χ1) is 9.68. The van der Waals surface area contributed by atoms with Crippen molar-refractivity contribution in [3.05, 3.63) is 58.4 Å². The molecule has 0 radical (unpaired) electrons. The summed E-state index contributed by atoms with van der Waals surface area (Å²) in [6.45, 7) is 0.